The number of ether oxygens (including phenoxy) is 1. The summed E-state index contributed by atoms with van der Waals surface area (Å²) in [4.78, 5) is 2.08. The van der Waals surface area contributed by atoms with Crippen LogP contribution in [0.15, 0.2) is 24.3 Å². The second-order valence-electron chi connectivity index (χ2n) is 5.23. The zero-order valence-corrected chi connectivity index (χ0v) is 12.8. The summed E-state index contributed by atoms with van der Waals surface area (Å²) in [6, 6.07) is 8.21. The first-order chi connectivity index (χ1) is 9.13. The monoisotopic (exact) mass is 264 g/mol. The van der Waals surface area contributed by atoms with Crippen molar-refractivity contribution in [2.24, 2.45) is 0 Å². The van der Waals surface area contributed by atoms with E-state index in [0.29, 0.717) is 0 Å². The molecule has 1 rings (SSSR count). The molecule has 0 aliphatic carbocycles. The molecule has 19 heavy (non-hydrogen) atoms. The molecule has 0 radical (unpaired) electrons. The van der Waals surface area contributed by atoms with Crippen LogP contribution in [0.4, 0.5) is 5.69 Å². The molecule has 1 atom stereocenters. The molecular formula is C16H28N2O. The molecule has 0 saturated heterocycles. The van der Waals surface area contributed by atoms with Crippen LogP contribution < -0.4 is 15.0 Å². The highest BCUT2D eigenvalue weighted by Gasteiger charge is 2.04. The summed E-state index contributed by atoms with van der Waals surface area (Å²) in [6.45, 7) is 6.31. The highest BCUT2D eigenvalue weighted by atomic mass is 16.5. The Labute approximate surface area is 118 Å². The van der Waals surface area contributed by atoms with Gasteiger partial charge in [0.25, 0.3) is 0 Å². The highest BCUT2D eigenvalue weighted by Crippen LogP contribution is 2.20. The summed E-state index contributed by atoms with van der Waals surface area (Å²) >= 11 is 0. The second kappa shape index (κ2) is 8.81. The third kappa shape index (κ3) is 6.48. The Balaban J connectivity index is 2.31. The summed E-state index contributed by atoms with van der Waals surface area (Å²) in [6.07, 6.45) is 4.01. The van der Waals surface area contributed by atoms with Crippen LogP contribution in [-0.2, 0) is 0 Å². The van der Waals surface area contributed by atoms with Crippen molar-refractivity contribution in [1.82, 2.24) is 5.32 Å². The molecule has 1 aromatic carbocycles. The lowest BCUT2D eigenvalue weighted by atomic mass is 10.2. The molecule has 108 valence electrons. The molecule has 1 aromatic rings. The van der Waals surface area contributed by atoms with E-state index in [1.807, 2.05) is 26.2 Å². The van der Waals surface area contributed by atoms with Crippen molar-refractivity contribution in [1.29, 1.82) is 0 Å². The third-order valence-electron chi connectivity index (χ3n) is 3.06. The van der Waals surface area contributed by atoms with Crippen LogP contribution in [0.5, 0.6) is 5.75 Å². The van der Waals surface area contributed by atoms with Crippen LogP contribution in [0.25, 0.3) is 0 Å². The molecule has 0 amide bonds. The minimum Gasteiger partial charge on any atom is -0.489 e. The van der Waals surface area contributed by atoms with E-state index in [1.54, 1.807) is 0 Å². The first kappa shape index (κ1) is 15.8. The van der Waals surface area contributed by atoms with Crippen molar-refractivity contribution in [2.75, 3.05) is 32.1 Å². The summed E-state index contributed by atoms with van der Waals surface area (Å²) in [5.41, 5.74) is 1.17. The van der Waals surface area contributed by atoms with Gasteiger partial charge < -0.3 is 15.0 Å². The van der Waals surface area contributed by atoms with Gasteiger partial charge in [-0.05, 0) is 32.0 Å². The van der Waals surface area contributed by atoms with E-state index in [1.165, 1.54) is 24.9 Å². The number of rotatable bonds is 9. The van der Waals surface area contributed by atoms with Crippen LogP contribution >= 0.6 is 0 Å². The zero-order chi connectivity index (χ0) is 14.1. The van der Waals surface area contributed by atoms with Crippen molar-refractivity contribution in [3.05, 3.63) is 24.3 Å². The topological polar surface area (TPSA) is 24.5 Å². The van der Waals surface area contributed by atoms with Crippen molar-refractivity contribution >= 4 is 5.69 Å². The van der Waals surface area contributed by atoms with Crippen molar-refractivity contribution in [3.63, 3.8) is 0 Å². The van der Waals surface area contributed by atoms with E-state index in [-0.39, 0.29) is 6.10 Å². The van der Waals surface area contributed by atoms with E-state index in [9.17, 15) is 0 Å². The fraction of sp³-hybridized carbons (Fsp3) is 0.625. The largest absolute Gasteiger partial charge is 0.489 e. The first-order valence-corrected chi connectivity index (χ1v) is 7.28. The standard InChI is InChI=1S/C16H28N2O/c1-5-6-7-11-17-13-14(2)19-16-10-8-9-15(12-16)18(3)4/h8-10,12,14,17H,5-7,11,13H2,1-4H3. The lowest BCUT2D eigenvalue weighted by molar-refractivity contribution is 0.217. The van der Waals surface area contributed by atoms with Gasteiger partial charge >= 0.3 is 0 Å². The van der Waals surface area contributed by atoms with Crippen LogP contribution in [0.1, 0.15) is 33.1 Å². The minimum atomic E-state index is 0.194. The van der Waals surface area contributed by atoms with Gasteiger partial charge in [0.2, 0.25) is 0 Å². The number of anilines is 1. The third-order valence-corrected chi connectivity index (χ3v) is 3.06. The van der Waals surface area contributed by atoms with Crippen LogP contribution in [0.3, 0.4) is 0 Å². The number of nitrogens with one attached hydrogen (secondary N) is 1. The van der Waals surface area contributed by atoms with E-state index in [4.69, 9.17) is 4.74 Å². The van der Waals surface area contributed by atoms with E-state index < -0.39 is 0 Å². The maximum atomic E-state index is 5.92. The quantitative estimate of drug-likeness (QED) is 0.693. The van der Waals surface area contributed by atoms with Crippen molar-refractivity contribution in [3.8, 4) is 5.75 Å². The fourth-order valence-electron chi connectivity index (χ4n) is 1.91. The normalized spacial score (nSPS) is 12.2. The molecule has 1 unspecified atom stereocenters. The van der Waals surface area contributed by atoms with Crippen molar-refractivity contribution in [2.45, 2.75) is 39.2 Å². The van der Waals surface area contributed by atoms with Gasteiger partial charge in [0.1, 0.15) is 11.9 Å². The minimum absolute atomic E-state index is 0.194. The maximum Gasteiger partial charge on any atom is 0.121 e. The fourth-order valence-corrected chi connectivity index (χ4v) is 1.91. The Hall–Kier alpha value is -1.22. The molecule has 0 aliphatic heterocycles. The molecule has 1 N–H and O–H groups in total. The molecule has 0 heterocycles. The van der Waals surface area contributed by atoms with Gasteiger partial charge in [-0.2, -0.15) is 0 Å². The Bertz CT molecular complexity index is 352. The molecule has 3 nitrogen and oxygen atoms in total. The van der Waals surface area contributed by atoms with Gasteiger partial charge in [0, 0.05) is 32.4 Å². The molecule has 0 saturated carbocycles. The predicted molar refractivity (Wildman–Crippen MR) is 83.3 cm³/mol. The van der Waals surface area contributed by atoms with E-state index >= 15 is 0 Å². The Morgan fingerprint density at radius 3 is 2.74 bits per heavy atom. The van der Waals surface area contributed by atoms with Gasteiger partial charge in [0.15, 0.2) is 0 Å². The van der Waals surface area contributed by atoms with Crippen molar-refractivity contribution < 1.29 is 4.74 Å². The average Bonchev–Trinajstić information content (AvgIpc) is 2.38. The summed E-state index contributed by atoms with van der Waals surface area (Å²) in [5.74, 6) is 0.939. The van der Waals surface area contributed by atoms with Crippen LogP contribution in [0.2, 0.25) is 0 Å². The maximum absolute atomic E-state index is 5.92. The zero-order valence-electron chi connectivity index (χ0n) is 12.8. The summed E-state index contributed by atoms with van der Waals surface area (Å²) in [7, 11) is 4.08. The molecule has 0 aliphatic rings. The van der Waals surface area contributed by atoms with Gasteiger partial charge in [-0.3, -0.25) is 0 Å². The first-order valence-electron chi connectivity index (χ1n) is 7.28. The average molecular weight is 264 g/mol. The lowest BCUT2D eigenvalue weighted by Crippen LogP contribution is -2.29. The van der Waals surface area contributed by atoms with Crippen LogP contribution in [-0.4, -0.2) is 33.3 Å². The van der Waals surface area contributed by atoms with Gasteiger partial charge in [0.05, 0.1) is 0 Å². The summed E-state index contributed by atoms with van der Waals surface area (Å²) in [5, 5.41) is 3.44. The van der Waals surface area contributed by atoms with E-state index in [2.05, 4.69) is 36.2 Å². The SMILES string of the molecule is CCCCCNCC(C)Oc1cccc(N(C)C)c1. The molecular weight excluding hydrogens is 236 g/mol. The Kier molecular flexibility index (Phi) is 7.34. The van der Waals surface area contributed by atoms with Gasteiger partial charge in [-0.1, -0.05) is 25.8 Å². The van der Waals surface area contributed by atoms with E-state index in [0.717, 1.165) is 18.8 Å². The number of hydrogen-bond donors (Lipinski definition) is 1. The number of unbranched alkanes of at least 4 members (excludes halogenated alkanes) is 2. The smallest absolute Gasteiger partial charge is 0.121 e. The Morgan fingerprint density at radius 1 is 1.26 bits per heavy atom. The van der Waals surface area contributed by atoms with Crippen LogP contribution in [0, 0.1) is 0 Å². The Morgan fingerprint density at radius 2 is 2.05 bits per heavy atom. The summed E-state index contributed by atoms with van der Waals surface area (Å²) < 4.78 is 5.92. The highest BCUT2D eigenvalue weighted by molar-refractivity contribution is 5.49. The van der Waals surface area contributed by atoms with Gasteiger partial charge in [-0.15, -0.1) is 0 Å². The molecule has 3 heteroatoms. The van der Waals surface area contributed by atoms with Gasteiger partial charge in [-0.25, -0.2) is 0 Å². The molecule has 0 aromatic heterocycles. The number of hydrogen-bond acceptors (Lipinski definition) is 3. The number of nitrogens with zero attached hydrogens (tertiary/aromatic N) is 1. The predicted octanol–water partition coefficient (Wildman–Crippen LogP) is 3.30. The molecule has 0 fully saturated rings. The lowest BCUT2D eigenvalue weighted by Gasteiger charge is -2.18. The second-order valence-corrected chi connectivity index (χ2v) is 5.23. The number of benzene rings is 1. The molecule has 0 bridgehead atoms. The molecule has 0 spiro atoms.